The number of rotatable bonds is 8. The normalized spacial score (nSPS) is 25.7. The number of fused-ring (bicyclic) bond motifs is 1. The summed E-state index contributed by atoms with van der Waals surface area (Å²) in [5.74, 6) is -0.255. The summed E-state index contributed by atoms with van der Waals surface area (Å²) in [6, 6.07) is 5.83. The van der Waals surface area contributed by atoms with Crippen molar-refractivity contribution < 1.29 is 9.18 Å². The van der Waals surface area contributed by atoms with Gasteiger partial charge in [0.25, 0.3) is 5.91 Å². The number of halogens is 1. The molecule has 1 amide bonds. The van der Waals surface area contributed by atoms with E-state index in [1.54, 1.807) is 12.3 Å². The molecule has 33 heavy (non-hydrogen) atoms. The van der Waals surface area contributed by atoms with Crippen LogP contribution in [-0.2, 0) is 13.1 Å². The van der Waals surface area contributed by atoms with Crippen molar-refractivity contribution in [2.24, 2.45) is 5.41 Å². The van der Waals surface area contributed by atoms with Gasteiger partial charge in [-0.3, -0.25) is 4.79 Å². The fourth-order valence-electron chi connectivity index (χ4n) is 5.68. The van der Waals surface area contributed by atoms with E-state index in [1.807, 2.05) is 22.9 Å². The van der Waals surface area contributed by atoms with Crippen LogP contribution < -0.4 is 15.5 Å². The van der Waals surface area contributed by atoms with Gasteiger partial charge in [0.2, 0.25) is 0 Å². The second-order valence-electron chi connectivity index (χ2n) is 10.00. The third-order valence-electron chi connectivity index (χ3n) is 7.24. The van der Waals surface area contributed by atoms with E-state index in [0.717, 1.165) is 80.9 Å². The second-order valence-corrected chi connectivity index (χ2v) is 10.00. The number of anilines is 1. The highest BCUT2D eigenvalue weighted by atomic mass is 19.1. The summed E-state index contributed by atoms with van der Waals surface area (Å²) in [4.78, 5) is 19.4. The van der Waals surface area contributed by atoms with Crippen molar-refractivity contribution in [3.8, 4) is 0 Å². The van der Waals surface area contributed by atoms with Crippen LogP contribution in [0.2, 0.25) is 0 Å². The van der Waals surface area contributed by atoms with Gasteiger partial charge >= 0.3 is 0 Å². The molecule has 1 aliphatic heterocycles. The Labute approximate surface area is 191 Å². The molecule has 172 valence electrons. The van der Waals surface area contributed by atoms with Crippen molar-refractivity contribution in [2.75, 3.05) is 24.5 Å². The van der Waals surface area contributed by atoms with Gasteiger partial charge in [-0.15, -0.1) is 5.10 Å². The van der Waals surface area contributed by atoms with E-state index in [-0.39, 0.29) is 11.3 Å². The molecule has 4 fully saturated rings. The average molecular weight is 450 g/mol. The third-order valence-corrected chi connectivity index (χ3v) is 7.24. The predicted octanol–water partition coefficient (Wildman–Crippen LogP) is 2.64. The summed E-state index contributed by atoms with van der Waals surface area (Å²) < 4.78 is 15.6. The van der Waals surface area contributed by atoms with Crippen molar-refractivity contribution in [1.82, 2.24) is 30.2 Å². The zero-order valence-electron chi connectivity index (χ0n) is 18.6. The van der Waals surface area contributed by atoms with Gasteiger partial charge < -0.3 is 19.9 Å². The first-order chi connectivity index (χ1) is 16.0. The molecule has 0 unspecified atom stereocenters. The zero-order chi connectivity index (χ0) is 22.5. The Morgan fingerprint density at radius 1 is 1.12 bits per heavy atom. The van der Waals surface area contributed by atoms with Gasteiger partial charge in [-0.1, -0.05) is 6.07 Å². The fourth-order valence-corrected chi connectivity index (χ4v) is 5.68. The van der Waals surface area contributed by atoms with Crippen LogP contribution in [-0.4, -0.2) is 50.8 Å². The number of nitrogens with one attached hydrogen (secondary N) is 2. The van der Waals surface area contributed by atoms with E-state index in [9.17, 15) is 9.18 Å². The Morgan fingerprint density at radius 3 is 2.73 bits per heavy atom. The van der Waals surface area contributed by atoms with Crippen LogP contribution >= 0.6 is 0 Å². The molecule has 1 saturated heterocycles. The van der Waals surface area contributed by atoms with Gasteiger partial charge in [0.1, 0.15) is 11.3 Å². The molecule has 3 aliphatic carbocycles. The first-order valence-electron chi connectivity index (χ1n) is 11.7. The summed E-state index contributed by atoms with van der Waals surface area (Å²) in [7, 11) is 0. The molecule has 8 nitrogen and oxygen atoms in total. The van der Waals surface area contributed by atoms with Crippen LogP contribution in [0.1, 0.15) is 53.8 Å². The van der Waals surface area contributed by atoms with Crippen molar-refractivity contribution in [2.45, 2.75) is 50.9 Å². The van der Waals surface area contributed by atoms with Crippen LogP contribution in [0.5, 0.6) is 0 Å². The van der Waals surface area contributed by atoms with Gasteiger partial charge in [0.15, 0.2) is 5.69 Å². The van der Waals surface area contributed by atoms with E-state index < -0.39 is 5.67 Å². The number of carbonyl (C=O) groups is 1. The Hall–Kier alpha value is -3.07. The molecule has 3 aromatic rings. The van der Waals surface area contributed by atoms with Gasteiger partial charge in [0, 0.05) is 38.6 Å². The monoisotopic (exact) mass is 449 g/mol. The maximum Gasteiger partial charge on any atom is 0.272 e. The first-order valence-corrected chi connectivity index (χ1v) is 11.7. The first kappa shape index (κ1) is 20.5. The second kappa shape index (κ2) is 7.76. The highest BCUT2D eigenvalue weighted by molar-refractivity contribution is 5.92. The van der Waals surface area contributed by atoms with Crippen LogP contribution in [0, 0.1) is 5.41 Å². The molecular formula is C24H28FN7O. The zero-order valence-corrected chi connectivity index (χ0v) is 18.6. The minimum Gasteiger partial charge on any atom is -0.370 e. The van der Waals surface area contributed by atoms with Crippen LogP contribution in [0.15, 0.2) is 36.8 Å². The summed E-state index contributed by atoms with van der Waals surface area (Å²) in [6.45, 7) is 3.92. The lowest BCUT2D eigenvalue weighted by Crippen LogP contribution is -2.67. The summed E-state index contributed by atoms with van der Waals surface area (Å²) in [5.41, 5.74) is 3.38. The minimum absolute atomic E-state index is 0.206. The number of aromatic nitrogens is 4. The molecule has 3 saturated carbocycles. The number of carbonyl (C=O) groups excluding carboxylic acids is 1. The number of amides is 1. The molecule has 2 N–H and O–H groups in total. The Morgan fingerprint density at radius 2 is 1.94 bits per heavy atom. The number of nitrogens with zero attached hydrogens (tertiary/aromatic N) is 5. The summed E-state index contributed by atoms with van der Waals surface area (Å²) in [5, 5.41) is 14.4. The van der Waals surface area contributed by atoms with Gasteiger partial charge in [-0.2, -0.15) is 5.10 Å². The summed E-state index contributed by atoms with van der Waals surface area (Å²) >= 11 is 0. The fraction of sp³-hybridized carbons (Fsp3) is 0.500. The highest BCUT2D eigenvalue weighted by Crippen LogP contribution is 2.69. The van der Waals surface area contributed by atoms with Crippen molar-refractivity contribution >= 4 is 17.2 Å². The van der Waals surface area contributed by atoms with E-state index >= 15 is 0 Å². The van der Waals surface area contributed by atoms with E-state index in [0.29, 0.717) is 12.2 Å². The highest BCUT2D eigenvalue weighted by Gasteiger charge is 2.68. The molecule has 9 heteroatoms. The molecule has 4 aliphatic rings. The molecule has 0 aromatic carbocycles. The SMILES string of the molecule is O=C(NCc1cn2cc(CNCC34CC(F)(C3)C4)ccc2n1)c1cc(N2CCCC2)cnn1. The van der Waals surface area contributed by atoms with Gasteiger partial charge in [-0.05, 0) is 55.2 Å². The molecule has 0 spiro atoms. The molecule has 0 radical (unpaired) electrons. The van der Waals surface area contributed by atoms with Crippen LogP contribution in [0.3, 0.4) is 0 Å². The average Bonchev–Trinajstić information content (AvgIpc) is 3.45. The molecule has 3 aromatic heterocycles. The van der Waals surface area contributed by atoms with Crippen LogP contribution in [0.25, 0.3) is 5.65 Å². The molecule has 2 bridgehead atoms. The molecule has 7 rings (SSSR count). The number of alkyl halides is 1. The quantitative estimate of drug-likeness (QED) is 0.550. The lowest BCUT2D eigenvalue weighted by atomic mass is 9.42. The van der Waals surface area contributed by atoms with Crippen LogP contribution in [0.4, 0.5) is 10.1 Å². The maximum atomic E-state index is 13.7. The molecule has 0 atom stereocenters. The number of imidazole rings is 1. The summed E-state index contributed by atoms with van der Waals surface area (Å²) in [6.07, 6.45) is 10.2. The van der Waals surface area contributed by atoms with Gasteiger partial charge in [0.05, 0.1) is 24.1 Å². The van der Waals surface area contributed by atoms with Gasteiger partial charge in [-0.25, -0.2) is 9.37 Å². The number of hydrogen-bond donors (Lipinski definition) is 2. The minimum atomic E-state index is -0.841. The molecular weight excluding hydrogens is 421 g/mol. The van der Waals surface area contributed by atoms with E-state index in [2.05, 4.69) is 36.8 Å². The molecule has 4 heterocycles. The standard InChI is InChI=1S/C24H28FN7O/c25-24-13-23(14-24,15-24)16-26-8-17-3-4-21-29-18(12-32(21)11-17)9-27-22(33)20-7-19(10-28-30-20)31-5-1-2-6-31/h3-4,7,10-12,26H,1-2,5-6,8-9,13-16H2,(H,27,33). The van der Waals surface area contributed by atoms with E-state index in [4.69, 9.17) is 0 Å². The Bertz CT molecular complexity index is 1180. The van der Waals surface area contributed by atoms with Crippen molar-refractivity contribution in [1.29, 1.82) is 0 Å². The maximum absolute atomic E-state index is 13.7. The number of pyridine rings is 1. The van der Waals surface area contributed by atoms with Crippen molar-refractivity contribution in [3.05, 3.63) is 53.7 Å². The predicted molar refractivity (Wildman–Crippen MR) is 122 cm³/mol. The number of hydrogen-bond acceptors (Lipinski definition) is 6. The van der Waals surface area contributed by atoms with Crippen molar-refractivity contribution in [3.63, 3.8) is 0 Å². The topological polar surface area (TPSA) is 87.5 Å². The lowest BCUT2D eigenvalue weighted by Gasteiger charge is -2.66. The smallest absolute Gasteiger partial charge is 0.272 e. The third kappa shape index (κ3) is 3.94. The van der Waals surface area contributed by atoms with E-state index in [1.165, 1.54) is 0 Å². The Balaban J connectivity index is 1.05. The largest absolute Gasteiger partial charge is 0.370 e. The Kier molecular flexibility index (Phi) is 4.83. The lowest BCUT2D eigenvalue weighted by molar-refractivity contribution is -0.209.